The van der Waals surface area contributed by atoms with Crippen LogP contribution in [0.4, 0.5) is 5.69 Å². The third-order valence-electron chi connectivity index (χ3n) is 2.63. The molecule has 0 aliphatic heterocycles. The lowest BCUT2D eigenvalue weighted by Gasteiger charge is -2.24. The molecule has 0 spiro atoms. The number of hydrogen-bond acceptors (Lipinski definition) is 3. The van der Waals surface area contributed by atoms with Gasteiger partial charge in [-0.3, -0.25) is 9.59 Å². The fourth-order valence-corrected chi connectivity index (χ4v) is 1.74. The van der Waals surface area contributed by atoms with E-state index in [4.69, 9.17) is 10.2 Å². The molecule has 1 aromatic carbocycles. The van der Waals surface area contributed by atoms with Crippen LogP contribution in [0.2, 0.25) is 0 Å². The minimum absolute atomic E-state index is 0.0827. The van der Waals surface area contributed by atoms with Crippen molar-refractivity contribution < 1.29 is 19.8 Å². The molecule has 5 heteroatoms. The van der Waals surface area contributed by atoms with Crippen molar-refractivity contribution in [3.05, 3.63) is 29.3 Å². The van der Waals surface area contributed by atoms with Gasteiger partial charge in [0.05, 0.1) is 6.42 Å². The molecule has 0 saturated carbocycles. The molecule has 0 fully saturated rings. The number of anilines is 1. The minimum Gasteiger partial charge on any atom is -0.481 e. The van der Waals surface area contributed by atoms with Crippen molar-refractivity contribution in [1.82, 2.24) is 0 Å². The summed E-state index contributed by atoms with van der Waals surface area (Å²) in [7, 11) is 0. The van der Waals surface area contributed by atoms with Gasteiger partial charge in [0, 0.05) is 12.2 Å². The lowest BCUT2D eigenvalue weighted by atomic mass is 10.1. The highest BCUT2D eigenvalue weighted by atomic mass is 16.4. The van der Waals surface area contributed by atoms with E-state index in [1.165, 1.54) is 0 Å². The average molecular weight is 251 g/mol. The molecule has 0 radical (unpaired) electrons. The Morgan fingerprint density at radius 3 is 2.39 bits per heavy atom. The second kappa shape index (κ2) is 6.05. The van der Waals surface area contributed by atoms with Crippen molar-refractivity contribution in [2.45, 2.75) is 20.3 Å². The smallest absolute Gasteiger partial charge is 0.323 e. The first-order valence-electron chi connectivity index (χ1n) is 5.66. The number of nitrogens with zero attached hydrogens (tertiary/aromatic N) is 1. The van der Waals surface area contributed by atoms with Crippen LogP contribution in [-0.2, 0) is 9.59 Å². The van der Waals surface area contributed by atoms with E-state index in [-0.39, 0.29) is 19.5 Å². The van der Waals surface area contributed by atoms with Gasteiger partial charge in [0.1, 0.15) is 6.54 Å². The molecule has 0 heterocycles. The van der Waals surface area contributed by atoms with E-state index < -0.39 is 11.9 Å². The van der Waals surface area contributed by atoms with E-state index in [2.05, 4.69) is 0 Å². The molecule has 18 heavy (non-hydrogen) atoms. The van der Waals surface area contributed by atoms with Crippen LogP contribution in [0.3, 0.4) is 0 Å². The Labute approximate surface area is 106 Å². The third-order valence-corrected chi connectivity index (χ3v) is 2.63. The van der Waals surface area contributed by atoms with Crippen LogP contribution in [-0.4, -0.2) is 35.2 Å². The third kappa shape index (κ3) is 4.08. The molecule has 0 saturated heterocycles. The number of carbonyl (C=O) groups is 2. The molecule has 0 unspecified atom stereocenters. The average Bonchev–Trinajstić information content (AvgIpc) is 2.27. The number of aliphatic carboxylic acids is 2. The van der Waals surface area contributed by atoms with E-state index in [0.717, 1.165) is 16.8 Å². The molecule has 1 aromatic rings. The van der Waals surface area contributed by atoms with Crippen molar-refractivity contribution in [1.29, 1.82) is 0 Å². The number of rotatable bonds is 6. The van der Waals surface area contributed by atoms with Crippen molar-refractivity contribution in [3.63, 3.8) is 0 Å². The first-order valence-corrected chi connectivity index (χ1v) is 5.66. The summed E-state index contributed by atoms with van der Waals surface area (Å²) in [5, 5.41) is 17.6. The van der Waals surface area contributed by atoms with Crippen molar-refractivity contribution >= 4 is 17.6 Å². The van der Waals surface area contributed by atoms with E-state index in [9.17, 15) is 9.59 Å². The first kappa shape index (κ1) is 14.0. The predicted octanol–water partition coefficient (Wildman–Crippen LogP) is 1.67. The molecule has 2 N–H and O–H groups in total. The number of benzene rings is 1. The quantitative estimate of drug-likeness (QED) is 0.804. The van der Waals surface area contributed by atoms with Gasteiger partial charge in [-0.25, -0.2) is 0 Å². The largest absolute Gasteiger partial charge is 0.481 e. The van der Waals surface area contributed by atoms with Crippen LogP contribution < -0.4 is 4.90 Å². The van der Waals surface area contributed by atoms with Crippen molar-refractivity contribution in [2.75, 3.05) is 18.0 Å². The van der Waals surface area contributed by atoms with Gasteiger partial charge in [-0.1, -0.05) is 12.1 Å². The topological polar surface area (TPSA) is 77.8 Å². The molecular weight excluding hydrogens is 234 g/mol. The van der Waals surface area contributed by atoms with Gasteiger partial charge < -0.3 is 15.1 Å². The van der Waals surface area contributed by atoms with Gasteiger partial charge in [0.2, 0.25) is 0 Å². The Balaban J connectivity index is 2.96. The zero-order valence-corrected chi connectivity index (χ0v) is 10.5. The zero-order chi connectivity index (χ0) is 13.7. The number of aryl methyl sites for hydroxylation is 2. The molecule has 0 bridgehead atoms. The van der Waals surface area contributed by atoms with E-state index in [0.29, 0.717) is 0 Å². The molecular formula is C13H17NO4. The highest BCUT2D eigenvalue weighted by Crippen LogP contribution is 2.21. The molecule has 0 aliphatic rings. The predicted molar refractivity (Wildman–Crippen MR) is 68.0 cm³/mol. The normalized spacial score (nSPS) is 10.1. The summed E-state index contributed by atoms with van der Waals surface area (Å²) in [5.74, 6) is -1.91. The van der Waals surface area contributed by atoms with Crippen molar-refractivity contribution in [2.24, 2.45) is 0 Å². The van der Waals surface area contributed by atoms with Crippen molar-refractivity contribution in [3.8, 4) is 0 Å². The lowest BCUT2D eigenvalue weighted by Crippen LogP contribution is -2.32. The highest BCUT2D eigenvalue weighted by molar-refractivity contribution is 5.75. The Kier molecular flexibility index (Phi) is 4.71. The second-order valence-corrected chi connectivity index (χ2v) is 4.25. The minimum atomic E-state index is -0.971. The van der Waals surface area contributed by atoms with Crippen LogP contribution in [0.25, 0.3) is 0 Å². The van der Waals surface area contributed by atoms with Gasteiger partial charge in [-0.05, 0) is 31.0 Å². The monoisotopic (exact) mass is 251 g/mol. The van der Waals surface area contributed by atoms with Crippen LogP contribution >= 0.6 is 0 Å². The molecule has 0 atom stereocenters. The van der Waals surface area contributed by atoms with Gasteiger partial charge in [0.25, 0.3) is 0 Å². The summed E-state index contributed by atoms with van der Waals surface area (Å²) in [5.41, 5.74) is 2.73. The van der Waals surface area contributed by atoms with Gasteiger partial charge in [-0.15, -0.1) is 0 Å². The summed E-state index contributed by atoms with van der Waals surface area (Å²) >= 11 is 0. The summed E-state index contributed by atoms with van der Waals surface area (Å²) < 4.78 is 0. The SMILES string of the molecule is Cc1ccc(C)c(N(CCC(=O)O)CC(=O)O)c1. The standard InChI is InChI=1S/C13H17NO4/c1-9-3-4-10(2)11(7-9)14(8-13(17)18)6-5-12(15)16/h3-4,7H,5-6,8H2,1-2H3,(H,15,16)(H,17,18). The molecule has 98 valence electrons. The van der Waals surface area contributed by atoms with Gasteiger partial charge >= 0.3 is 11.9 Å². The molecule has 0 aromatic heterocycles. The second-order valence-electron chi connectivity index (χ2n) is 4.25. The fourth-order valence-electron chi connectivity index (χ4n) is 1.74. The van der Waals surface area contributed by atoms with Crippen LogP contribution in [0.1, 0.15) is 17.5 Å². The maximum atomic E-state index is 10.8. The number of carboxylic acid groups (broad SMARTS) is 2. The fraction of sp³-hybridized carbons (Fsp3) is 0.385. The first-order chi connectivity index (χ1) is 8.40. The summed E-state index contributed by atoms with van der Waals surface area (Å²) in [6.45, 7) is 3.78. The van der Waals surface area contributed by atoms with Crippen LogP contribution in [0.5, 0.6) is 0 Å². The highest BCUT2D eigenvalue weighted by Gasteiger charge is 2.14. The van der Waals surface area contributed by atoms with Gasteiger partial charge in [0.15, 0.2) is 0 Å². The Hall–Kier alpha value is -2.04. The summed E-state index contributed by atoms with van der Waals surface area (Å²) in [6, 6.07) is 5.72. The van der Waals surface area contributed by atoms with Crippen LogP contribution in [0.15, 0.2) is 18.2 Å². The molecule has 0 aliphatic carbocycles. The van der Waals surface area contributed by atoms with Gasteiger partial charge in [-0.2, -0.15) is 0 Å². The van der Waals surface area contributed by atoms with Crippen LogP contribution in [0, 0.1) is 13.8 Å². The molecule has 1 rings (SSSR count). The van der Waals surface area contributed by atoms with E-state index in [1.807, 2.05) is 32.0 Å². The summed E-state index contributed by atoms with van der Waals surface area (Å²) in [4.78, 5) is 23.0. The Morgan fingerprint density at radius 1 is 1.17 bits per heavy atom. The number of carboxylic acids is 2. The Bertz CT molecular complexity index is 456. The van der Waals surface area contributed by atoms with E-state index in [1.54, 1.807) is 4.90 Å². The molecule has 0 amide bonds. The maximum absolute atomic E-state index is 10.8. The zero-order valence-electron chi connectivity index (χ0n) is 10.5. The summed E-state index contributed by atoms with van der Waals surface area (Å²) in [6.07, 6.45) is -0.0827. The molecule has 5 nitrogen and oxygen atoms in total. The maximum Gasteiger partial charge on any atom is 0.323 e. The van der Waals surface area contributed by atoms with E-state index >= 15 is 0 Å². The lowest BCUT2D eigenvalue weighted by molar-refractivity contribution is -0.138. The Morgan fingerprint density at radius 2 is 1.83 bits per heavy atom. The number of hydrogen-bond donors (Lipinski definition) is 2.